The van der Waals surface area contributed by atoms with Crippen molar-refractivity contribution < 1.29 is 9.26 Å². The maximum Gasteiger partial charge on any atom is 0.279 e. The van der Waals surface area contributed by atoms with E-state index in [1.54, 1.807) is 0 Å². The van der Waals surface area contributed by atoms with Crippen LogP contribution in [0.3, 0.4) is 0 Å². The SMILES string of the molecule is CC(C)Oc1nnoc1C(C)(C)C. The summed E-state index contributed by atoms with van der Waals surface area (Å²) in [5.74, 6) is 1.20. The smallest absolute Gasteiger partial charge is 0.279 e. The topological polar surface area (TPSA) is 48.2 Å². The second-order valence-corrected chi connectivity index (χ2v) is 4.32. The van der Waals surface area contributed by atoms with E-state index in [2.05, 4.69) is 10.4 Å². The highest BCUT2D eigenvalue weighted by Gasteiger charge is 2.26. The minimum Gasteiger partial charge on any atom is -0.471 e. The van der Waals surface area contributed by atoms with Crippen LogP contribution in [0.5, 0.6) is 5.88 Å². The van der Waals surface area contributed by atoms with E-state index >= 15 is 0 Å². The number of rotatable bonds is 2. The zero-order chi connectivity index (χ0) is 10.1. The minimum absolute atomic E-state index is 0.0907. The highest BCUT2D eigenvalue weighted by Crippen LogP contribution is 2.29. The van der Waals surface area contributed by atoms with E-state index in [1.165, 1.54) is 0 Å². The molecule has 0 atom stereocenters. The van der Waals surface area contributed by atoms with Gasteiger partial charge in [0, 0.05) is 10.7 Å². The van der Waals surface area contributed by atoms with Crippen molar-refractivity contribution >= 4 is 0 Å². The van der Waals surface area contributed by atoms with Gasteiger partial charge in [-0.25, -0.2) is 0 Å². The quantitative estimate of drug-likeness (QED) is 0.706. The zero-order valence-electron chi connectivity index (χ0n) is 8.79. The molecule has 0 amide bonds. The molecule has 0 N–H and O–H groups in total. The van der Waals surface area contributed by atoms with E-state index in [0.717, 1.165) is 0 Å². The van der Waals surface area contributed by atoms with E-state index in [0.29, 0.717) is 11.6 Å². The van der Waals surface area contributed by atoms with Crippen LogP contribution in [0.4, 0.5) is 0 Å². The molecule has 4 heteroatoms. The maximum atomic E-state index is 5.44. The van der Waals surface area contributed by atoms with Crippen molar-refractivity contribution in [2.24, 2.45) is 0 Å². The van der Waals surface area contributed by atoms with Gasteiger partial charge >= 0.3 is 0 Å². The lowest BCUT2D eigenvalue weighted by Gasteiger charge is -2.15. The molecule has 13 heavy (non-hydrogen) atoms. The molecule has 0 aliphatic rings. The average molecular weight is 184 g/mol. The van der Waals surface area contributed by atoms with Gasteiger partial charge in [0.2, 0.25) is 5.76 Å². The van der Waals surface area contributed by atoms with Gasteiger partial charge in [0.25, 0.3) is 5.88 Å². The first-order valence-corrected chi connectivity index (χ1v) is 4.40. The van der Waals surface area contributed by atoms with Crippen molar-refractivity contribution in [3.8, 4) is 5.88 Å². The fraction of sp³-hybridized carbons (Fsp3) is 0.778. The predicted octanol–water partition coefficient (Wildman–Crippen LogP) is 2.15. The second kappa shape index (κ2) is 3.36. The fourth-order valence-corrected chi connectivity index (χ4v) is 0.941. The van der Waals surface area contributed by atoms with Crippen LogP contribution in [-0.2, 0) is 5.41 Å². The molecule has 0 bridgehead atoms. The van der Waals surface area contributed by atoms with Crippen LogP contribution < -0.4 is 4.74 Å². The van der Waals surface area contributed by atoms with Gasteiger partial charge in [-0.3, -0.25) is 0 Å². The molecule has 1 aromatic heterocycles. The van der Waals surface area contributed by atoms with Crippen molar-refractivity contribution in [3.05, 3.63) is 5.76 Å². The van der Waals surface area contributed by atoms with E-state index in [1.807, 2.05) is 34.6 Å². The van der Waals surface area contributed by atoms with Crippen molar-refractivity contribution in [3.63, 3.8) is 0 Å². The van der Waals surface area contributed by atoms with Gasteiger partial charge in [-0.15, -0.1) is 0 Å². The van der Waals surface area contributed by atoms with Gasteiger partial charge in [0.15, 0.2) is 0 Å². The van der Waals surface area contributed by atoms with Crippen molar-refractivity contribution in [1.82, 2.24) is 10.4 Å². The normalized spacial score (nSPS) is 12.2. The Balaban J connectivity index is 2.90. The lowest BCUT2D eigenvalue weighted by Crippen LogP contribution is -2.14. The molecule has 0 unspecified atom stereocenters. The third-order valence-electron chi connectivity index (χ3n) is 1.49. The van der Waals surface area contributed by atoms with Gasteiger partial charge in [0.1, 0.15) is 0 Å². The molecular weight excluding hydrogens is 168 g/mol. The van der Waals surface area contributed by atoms with Crippen LogP contribution in [0.1, 0.15) is 40.4 Å². The molecule has 0 radical (unpaired) electrons. The van der Waals surface area contributed by atoms with Gasteiger partial charge in [-0.05, 0) is 13.8 Å². The van der Waals surface area contributed by atoms with Crippen LogP contribution in [-0.4, -0.2) is 16.5 Å². The molecule has 0 aliphatic heterocycles. The maximum absolute atomic E-state index is 5.44. The Bertz CT molecular complexity index is 273. The zero-order valence-corrected chi connectivity index (χ0v) is 8.79. The summed E-state index contributed by atoms with van der Waals surface area (Å²) >= 11 is 0. The van der Waals surface area contributed by atoms with E-state index in [9.17, 15) is 0 Å². The summed E-state index contributed by atoms with van der Waals surface area (Å²) in [4.78, 5) is 0. The first-order chi connectivity index (χ1) is 5.91. The van der Waals surface area contributed by atoms with Gasteiger partial charge in [-0.1, -0.05) is 25.9 Å². The summed E-state index contributed by atoms with van der Waals surface area (Å²) in [5, 5.41) is 7.28. The van der Waals surface area contributed by atoms with Crippen molar-refractivity contribution in [2.45, 2.75) is 46.1 Å². The van der Waals surface area contributed by atoms with Crippen molar-refractivity contribution in [1.29, 1.82) is 0 Å². The van der Waals surface area contributed by atoms with Crippen LogP contribution in [0, 0.1) is 0 Å². The third-order valence-corrected chi connectivity index (χ3v) is 1.49. The molecule has 1 rings (SSSR count). The van der Waals surface area contributed by atoms with E-state index in [-0.39, 0.29) is 11.5 Å². The van der Waals surface area contributed by atoms with Gasteiger partial charge < -0.3 is 9.26 Å². The fourth-order valence-electron chi connectivity index (χ4n) is 0.941. The molecule has 1 heterocycles. The first-order valence-electron chi connectivity index (χ1n) is 4.40. The van der Waals surface area contributed by atoms with E-state index < -0.39 is 0 Å². The number of aromatic nitrogens is 2. The molecular formula is C9H16N2O2. The number of hydrogen-bond donors (Lipinski definition) is 0. The molecule has 0 fully saturated rings. The average Bonchev–Trinajstić information content (AvgIpc) is 2.31. The van der Waals surface area contributed by atoms with Crippen LogP contribution in [0.2, 0.25) is 0 Å². The van der Waals surface area contributed by atoms with Gasteiger partial charge in [-0.2, -0.15) is 0 Å². The molecule has 1 aromatic rings. The number of ether oxygens (including phenoxy) is 1. The lowest BCUT2D eigenvalue weighted by molar-refractivity contribution is 0.221. The highest BCUT2D eigenvalue weighted by atomic mass is 16.5. The Hall–Kier alpha value is -1.06. The Morgan fingerprint density at radius 3 is 2.38 bits per heavy atom. The summed E-state index contributed by atoms with van der Waals surface area (Å²) in [6.07, 6.45) is 0.0907. The Morgan fingerprint density at radius 1 is 1.31 bits per heavy atom. The molecule has 0 aliphatic carbocycles. The second-order valence-electron chi connectivity index (χ2n) is 4.32. The summed E-state index contributed by atoms with van der Waals surface area (Å²) in [6, 6.07) is 0. The number of hydrogen-bond acceptors (Lipinski definition) is 4. The first kappa shape index (κ1) is 10.0. The summed E-state index contributed by atoms with van der Waals surface area (Å²) in [6.45, 7) is 9.98. The van der Waals surface area contributed by atoms with E-state index in [4.69, 9.17) is 9.26 Å². The van der Waals surface area contributed by atoms with Gasteiger partial charge in [0.05, 0.1) is 6.10 Å². The summed E-state index contributed by atoms with van der Waals surface area (Å²) in [5.41, 5.74) is -0.117. The molecule has 0 saturated heterocycles. The molecule has 0 spiro atoms. The highest BCUT2D eigenvalue weighted by molar-refractivity contribution is 5.20. The lowest BCUT2D eigenvalue weighted by atomic mass is 9.94. The number of nitrogens with zero attached hydrogens (tertiary/aromatic N) is 2. The van der Waals surface area contributed by atoms with Crippen LogP contribution >= 0.6 is 0 Å². The van der Waals surface area contributed by atoms with Crippen LogP contribution in [0.15, 0.2) is 4.52 Å². The Kier molecular flexibility index (Phi) is 2.59. The molecule has 0 saturated carbocycles. The molecule has 0 aromatic carbocycles. The Morgan fingerprint density at radius 2 is 1.92 bits per heavy atom. The van der Waals surface area contributed by atoms with Crippen LogP contribution in [0.25, 0.3) is 0 Å². The summed E-state index contributed by atoms with van der Waals surface area (Å²) < 4.78 is 10.5. The van der Waals surface area contributed by atoms with Crippen molar-refractivity contribution in [2.75, 3.05) is 0 Å². The molecule has 4 nitrogen and oxygen atoms in total. The monoisotopic (exact) mass is 184 g/mol. The standard InChI is InChI=1S/C9H16N2O2/c1-6(2)12-8-7(9(3,4)5)13-11-10-8/h6H,1-5H3. The molecule has 74 valence electrons. The summed E-state index contributed by atoms with van der Waals surface area (Å²) in [7, 11) is 0. The minimum atomic E-state index is -0.117. The third kappa shape index (κ3) is 2.44. The Labute approximate surface area is 78.3 Å². The largest absolute Gasteiger partial charge is 0.471 e. The predicted molar refractivity (Wildman–Crippen MR) is 48.8 cm³/mol.